The molecule has 0 atom stereocenters. The standard InChI is InChI=1S/C72H72B2N4/c1-37-19-67-71-69(21-37)77(57-27-47(11)53(17)48(12)28-57)65-36-66-62(35-61(65)73(71)59-31-39(3)41(5)33-63(59)75(67)55-23-43(7)51(15)44(8)24-55)74-60-32-40(4)42(6)34-64(60)76(56-25-45(9)52(16)46(10)26-56)68-20-38(2)22-70(72(68)74)78(66)58-29-49(13)54(18)50(14)30-58/h19-36H,1-18H3. The molecule has 0 bridgehead atoms. The number of hydrogen-bond donors (Lipinski definition) is 0. The van der Waals surface area contributed by atoms with Gasteiger partial charge in [0, 0.05) is 68.2 Å². The van der Waals surface area contributed by atoms with E-state index in [4.69, 9.17) is 0 Å². The van der Waals surface area contributed by atoms with Gasteiger partial charge in [0.25, 0.3) is 13.4 Å². The molecule has 4 aliphatic heterocycles. The van der Waals surface area contributed by atoms with Gasteiger partial charge in [0.1, 0.15) is 0 Å². The fourth-order valence-corrected chi connectivity index (χ4v) is 14.0. The molecule has 0 N–H and O–H groups in total. The third-order valence-electron chi connectivity index (χ3n) is 19.5. The van der Waals surface area contributed by atoms with Crippen molar-refractivity contribution in [2.45, 2.75) is 125 Å². The van der Waals surface area contributed by atoms with Gasteiger partial charge in [-0.1, -0.05) is 18.2 Å². The van der Waals surface area contributed by atoms with E-state index in [1.165, 1.54) is 201 Å². The lowest BCUT2D eigenvalue weighted by molar-refractivity contribution is 1.18. The summed E-state index contributed by atoms with van der Waals surface area (Å²) in [5.41, 5.74) is 46.4. The number of hydrogen-bond acceptors (Lipinski definition) is 4. The van der Waals surface area contributed by atoms with Gasteiger partial charge in [-0.25, -0.2) is 0 Å². The van der Waals surface area contributed by atoms with Gasteiger partial charge >= 0.3 is 0 Å². The Morgan fingerprint density at radius 1 is 0.205 bits per heavy atom. The quantitative estimate of drug-likeness (QED) is 0.163. The molecule has 0 saturated heterocycles. The number of anilines is 12. The Labute approximate surface area is 465 Å². The van der Waals surface area contributed by atoms with Gasteiger partial charge in [0.05, 0.1) is 0 Å². The van der Waals surface area contributed by atoms with Crippen molar-refractivity contribution in [1.82, 2.24) is 0 Å². The Morgan fingerprint density at radius 2 is 0.423 bits per heavy atom. The predicted molar refractivity (Wildman–Crippen MR) is 340 cm³/mol. The minimum Gasteiger partial charge on any atom is -0.311 e. The fraction of sp³-hybridized carbons (Fsp3) is 0.250. The van der Waals surface area contributed by atoms with Gasteiger partial charge in [0.15, 0.2) is 0 Å². The monoisotopic (exact) mass is 1010 g/mol. The van der Waals surface area contributed by atoms with E-state index < -0.39 is 0 Å². The Bertz CT molecular complexity index is 3820. The van der Waals surface area contributed by atoms with Crippen LogP contribution in [0.1, 0.15) is 100 Å². The van der Waals surface area contributed by atoms with E-state index in [2.05, 4.69) is 253 Å². The van der Waals surface area contributed by atoms with Crippen LogP contribution < -0.4 is 52.4 Å². The van der Waals surface area contributed by atoms with Crippen LogP contribution in [-0.4, -0.2) is 13.4 Å². The fourth-order valence-electron chi connectivity index (χ4n) is 14.0. The Kier molecular flexibility index (Phi) is 11.1. The first-order valence-electron chi connectivity index (χ1n) is 28.3. The summed E-state index contributed by atoms with van der Waals surface area (Å²) in [7, 11) is 0. The first-order chi connectivity index (χ1) is 37.1. The Morgan fingerprint density at radius 3 is 0.679 bits per heavy atom. The summed E-state index contributed by atoms with van der Waals surface area (Å²) in [6.45, 7) is 41.0. The highest BCUT2D eigenvalue weighted by atomic mass is 15.2. The van der Waals surface area contributed by atoms with E-state index in [-0.39, 0.29) is 13.4 Å². The van der Waals surface area contributed by atoms with Gasteiger partial charge < -0.3 is 19.6 Å². The zero-order valence-electron chi connectivity index (χ0n) is 49.3. The number of benzene rings is 9. The Hall–Kier alpha value is -7.69. The molecule has 4 aliphatic rings. The molecule has 0 fully saturated rings. The maximum absolute atomic E-state index is 2.70. The van der Waals surface area contributed by atoms with Crippen LogP contribution >= 0.6 is 0 Å². The third kappa shape index (κ3) is 7.13. The molecular formula is C72H72B2N4. The lowest BCUT2D eigenvalue weighted by Crippen LogP contribution is -2.65. The lowest BCUT2D eigenvalue weighted by Gasteiger charge is -2.48. The summed E-state index contributed by atoms with van der Waals surface area (Å²) in [5, 5.41) is 0. The topological polar surface area (TPSA) is 13.0 Å². The van der Waals surface area contributed by atoms with Crippen molar-refractivity contribution in [2.75, 3.05) is 19.6 Å². The molecule has 78 heavy (non-hydrogen) atoms. The number of aryl methyl sites for hydroxylation is 14. The molecule has 0 saturated carbocycles. The first kappa shape index (κ1) is 49.9. The molecule has 9 aromatic rings. The van der Waals surface area contributed by atoms with Crippen LogP contribution in [0.4, 0.5) is 68.2 Å². The summed E-state index contributed by atoms with van der Waals surface area (Å²) >= 11 is 0. The van der Waals surface area contributed by atoms with Crippen molar-refractivity contribution in [3.05, 3.63) is 209 Å². The minimum atomic E-state index is -0.0491. The second-order valence-electron chi connectivity index (χ2n) is 24.4. The SMILES string of the molecule is Cc1cc2c3c(c1)N(c1cc(C)c(C)c(C)c1)c1cc4c(cc1B3c1cc(C)c(C)cc1N2c1cc(C)c(C)c(C)c1)B1c2cc(C)c(C)cc2N(c2cc(C)c(C)c(C)c2)c2cc(C)cc(c21)N4c1cc(C)c(C)c(C)c1. The normalized spacial score (nSPS) is 13.6. The molecule has 4 heterocycles. The van der Waals surface area contributed by atoms with Crippen LogP contribution in [0.25, 0.3) is 0 Å². The van der Waals surface area contributed by atoms with Crippen molar-refractivity contribution in [2.24, 2.45) is 0 Å². The number of rotatable bonds is 4. The largest absolute Gasteiger partial charge is 0.311 e. The van der Waals surface area contributed by atoms with E-state index in [0.29, 0.717) is 0 Å². The van der Waals surface area contributed by atoms with Gasteiger partial charge in [-0.15, -0.1) is 0 Å². The summed E-state index contributed by atoms with van der Waals surface area (Å²) in [5.74, 6) is 0. The number of nitrogens with zero attached hydrogens (tertiary/aromatic N) is 4. The molecule has 386 valence electrons. The highest BCUT2D eigenvalue weighted by Crippen LogP contribution is 2.50. The molecule has 0 spiro atoms. The van der Waals surface area contributed by atoms with Crippen molar-refractivity contribution in [1.29, 1.82) is 0 Å². The van der Waals surface area contributed by atoms with Gasteiger partial charge in [-0.05, 0) is 349 Å². The summed E-state index contributed by atoms with van der Waals surface area (Å²) in [4.78, 5) is 10.5. The van der Waals surface area contributed by atoms with Crippen LogP contribution in [-0.2, 0) is 0 Å². The van der Waals surface area contributed by atoms with Gasteiger partial charge in [-0.2, -0.15) is 0 Å². The van der Waals surface area contributed by atoms with Crippen LogP contribution in [0, 0.1) is 125 Å². The second-order valence-corrected chi connectivity index (χ2v) is 24.4. The predicted octanol–water partition coefficient (Wildman–Crippen LogP) is 15.4. The van der Waals surface area contributed by atoms with Crippen molar-refractivity contribution < 1.29 is 0 Å². The minimum absolute atomic E-state index is 0.0491. The van der Waals surface area contributed by atoms with E-state index in [0.717, 1.165) is 0 Å². The molecule has 0 aliphatic carbocycles. The maximum Gasteiger partial charge on any atom is 0.252 e. The molecular weight excluding hydrogens is 942 g/mol. The molecule has 0 unspecified atom stereocenters. The van der Waals surface area contributed by atoms with Crippen LogP contribution in [0.15, 0.2) is 109 Å². The highest BCUT2D eigenvalue weighted by Gasteiger charge is 2.49. The van der Waals surface area contributed by atoms with Crippen LogP contribution in [0.2, 0.25) is 0 Å². The van der Waals surface area contributed by atoms with Crippen LogP contribution in [0.3, 0.4) is 0 Å². The van der Waals surface area contributed by atoms with E-state index in [1.807, 2.05) is 0 Å². The smallest absolute Gasteiger partial charge is 0.252 e. The maximum atomic E-state index is 2.70. The Balaban J connectivity index is 1.19. The summed E-state index contributed by atoms with van der Waals surface area (Å²) in [6.07, 6.45) is 0. The van der Waals surface area contributed by atoms with Crippen LogP contribution in [0.5, 0.6) is 0 Å². The lowest BCUT2D eigenvalue weighted by atomic mass is 9.30. The second kappa shape index (κ2) is 17.4. The third-order valence-corrected chi connectivity index (χ3v) is 19.5. The molecule has 0 aromatic heterocycles. The zero-order chi connectivity index (χ0) is 55.0. The average Bonchev–Trinajstić information content (AvgIpc) is 3.51. The molecule has 6 heteroatoms. The molecule has 13 rings (SSSR count). The van der Waals surface area contributed by atoms with Gasteiger partial charge in [0.2, 0.25) is 0 Å². The van der Waals surface area contributed by atoms with E-state index in [9.17, 15) is 0 Å². The molecule has 0 radical (unpaired) electrons. The van der Waals surface area contributed by atoms with Crippen molar-refractivity contribution >= 4 is 114 Å². The molecule has 4 nitrogen and oxygen atoms in total. The molecule has 0 amide bonds. The van der Waals surface area contributed by atoms with E-state index >= 15 is 0 Å². The average molecular weight is 1020 g/mol. The first-order valence-corrected chi connectivity index (χ1v) is 28.3. The van der Waals surface area contributed by atoms with Crippen molar-refractivity contribution in [3.8, 4) is 0 Å². The summed E-state index contributed by atoms with van der Waals surface area (Å²) in [6, 6.07) is 44.7. The highest BCUT2D eigenvalue weighted by molar-refractivity contribution is 7.03. The number of fused-ring (bicyclic) bond motifs is 8. The van der Waals surface area contributed by atoms with Crippen molar-refractivity contribution in [3.63, 3.8) is 0 Å². The van der Waals surface area contributed by atoms with Gasteiger partial charge in [-0.3, -0.25) is 0 Å². The zero-order valence-corrected chi connectivity index (χ0v) is 49.3. The van der Waals surface area contributed by atoms with E-state index in [1.54, 1.807) is 0 Å². The summed E-state index contributed by atoms with van der Waals surface area (Å²) < 4.78 is 0. The molecule has 9 aromatic carbocycles.